The van der Waals surface area contributed by atoms with E-state index in [0.29, 0.717) is 6.61 Å². The number of hydrogen-bond donors (Lipinski definition) is 1. The van der Waals surface area contributed by atoms with Gasteiger partial charge in [-0.2, -0.15) is 0 Å². The van der Waals surface area contributed by atoms with Gasteiger partial charge in [0.15, 0.2) is 0 Å². The maximum Gasteiger partial charge on any atom is 0.0798 e. The van der Waals surface area contributed by atoms with Crippen molar-refractivity contribution in [2.75, 3.05) is 19.8 Å². The SMILES string of the molecule is CCCOCC(O)CC1CCCO1. The van der Waals surface area contributed by atoms with Crippen LogP contribution in [-0.4, -0.2) is 37.1 Å². The van der Waals surface area contributed by atoms with E-state index in [9.17, 15) is 5.11 Å². The number of ether oxygens (including phenoxy) is 2. The van der Waals surface area contributed by atoms with Crippen LogP contribution in [0.2, 0.25) is 0 Å². The standard InChI is InChI=1S/C10H20O3/c1-2-5-12-8-9(11)7-10-4-3-6-13-10/h9-11H,2-8H2,1H3. The third kappa shape index (κ3) is 4.60. The highest BCUT2D eigenvalue weighted by Crippen LogP contribution is 2.16. The lowest BCUT2D eigenvalue weighted by molar-refractivity contribution is -0.000181. The molecule has 0 saturated carbocycles. The Labute approximate surface area is 80.0 Å². The second-order valence-electron chi connectivity index (χ2n) is 3.60. The van der Waals surface area contributed by atoms with Crippen LogP contribution in [0.4, 0.5) is 0 Å². The van der Waals surface area contributed by atoms with Crippen LogP contribution in [0.15, 0.2) is 0 Å². The van der Waals surface area contributed by atoms with E-state index in [0.717, 1.165) is 38.9 Å². The molecule has 0 aromatic heterocycles. The average molecular weight is 188 g/mol. The molecular formula is C10H20O3. The molecule has 2 atom stereocenters. The largest absolute Gasteiger partial charge is 0.391 e. The van der Waals surface area contributed by atoms with Gasteiger partial charge in [0.2, 0.25) is 0 Å². The van der Waals surface area contributed by atoms with Crippen LogP contribution >= 0.6 is 0 Å². The molecule has 78 valence electrons. The molecule has 13 heavy (non-hydrogen) atoms. The predicted octanol–water partition coefficient (Wildman–Crippen LogP) is 1.34. The van der Waals surface area contributed by atoms with Gasteiger partial charge in [0.1, 0.15) is 0 Å². The minimum absolute atomic E-state index is 0.264. The lowest BCUT2D eigenvalue weighted by Crippen LogP contribution is -2.22. The average Bonchev–Trinajstić information content (AvgIpc) is 2.57. The summed E-state index contributed by atoms with van der Waals surface area (Å²) in [5.74, 6) is 0. The van der Waals surface area contributed by atoms with Gasteiger partial charge < -0.3 is 14.6 Å². The molecule has 3 heteroatoms. The van der Waals surface area contributed by atoms with Gasteiger partial charge in [-0.1, -0.05) is 6.92 Å². The maximum absolute atomic E-state index is 9.53. The zero-order chi connectivity index (χ0) is 9.52. The van der Waals surface area contributed by atoms with E-state index in [1.165, 1.54) is 0 Å². The van der Waals surface area contributed by atoms with Gasteiger partial charge in [-0.3, -0.25) is 0 Å². The lowest BCUT2D eigenvalue weighted by atomic mass is 10.1. The van der Waals surface area contributed by atoms with Crippen LogP contribution in [0.5, 0.6) is 0 Å². The van der Waals surface area contributed by atoms with Crippen LogP contribution in [-0.2, 0) is 9.47 Å². The van der Waals surface area contributed by atoms with Crippen molar-refractivity contribution in [2.24, 2.45) is 0 Å². The molecule has 0 bridgehead atoms. The van der Waals surface area contributed by atoms with Crippen molar-refractivity contribution in [2.45, 2.75) is 44.8 Å². The van der Waals surface area contributed by atoms with Gasteiger partial charge in [-0.15, -0.1) is 0 Å². The third-order valence-electron chi connectivity index (χ3n) is 2.22. The fourth-order valence-corrected chi connectivity index (χ4v) is 1.57. The highest BCUT2D eigenvalue weighted by Gasteiger charge is 2.19. The van der Waals surface area contributed by atoms with Crippen LogP contribution in [0, 0.1) is 0 Å². The Balaban J connectivity index is 1.99. The van der Waals surface area contributed by atoms with E-state index in [1.807, 2.05) is 0 Å². The summed E-state index contributed by atoms with van der Waals surface area (Å²) in [4.78, 5) is 0. The summed E-state index contributed by atoms with van der Waals surface area (Å²) in [6, 6.07) is 0. The lowest BCUT2D eigenvalue weighted by Gasteiger charge is -2.14. The topological polar surface area (TPSA) is 38.7 Å². The molecule has 1 saturated heterocycles. The van der Waals surface area contributed by atoms with E-state index < -0.39 is 0 Å². The van der Waals surface area contributed by atoms with Crippen molar-refractivity contribution >= 4 is 0 Å². The first-order chi connectivity index (χ1) is 6.33. The Morgan fingerprint density at radius 3 is 3.08 bits per heavy atom. The van der Waals surface area contributed by atoms with Crippen molar-refractivity contribution in [1.29, 1.82) is 0 Å². The van der Waals surface area contributed by atoms with Crippen LogP contribution in [0.25, 0.3) is 0 Å². The van der Waals surface area contributed by atoms with Crippen molar-refractivity contribution in [1.82, 2.24) is 0 Å². The minimum atomic E-state index is -0.352. The zero-order valence-corrected chi connectivity index (χ0v) is 8.37. The summed E-state index contributed by atoms with van der Waals surface area (Å²) in [5.41, 5.74) is 0. The summed E-state index contributed by atoms with van der Waals surface area (Å²) in [5, 5.41) is 9.53. The number of aliphatic hydroxyl groups excluding tert-OH is 1. The van der Waals surface area contributed by atoms with E-state index >= 15 is 0 Å². The van der Waals surface area contributed by atoms with Gasteiger partial charge in [0.25, 0.3) is 0 Å². The summed E-state index contributed by atoms with van der Waals surface area (Å²) < 4.78 is 10.7. The Morgan fingerprint density at radius 1 is 1.62 bits per heavy atom. The zero-order valence-electron chi connectivity index (χ0n) is 8.37. The summed E-state index contributed by atoms with van der Waals surface area (Å²) in [7, 11) is 0. The second kappa shape index (κ2) is 6.35. The summed E-state index contributed by atoms with van der Waals surface area (Å²) in [6.45, 7) is 4.11. The van der Waals surface area contributed by atoms with Crippen LogP contribution in [0.1, 0.15) is 32.6 Å². The van der Waals surface area contributed by atoms with E-state index in [4.69, 9.17) is 9.47 Å². The maximum atomic E-state index is 9.53. The summed E-state index contributed by atoms with van der Waals surface area (Å²) in [6.07, 6.45) is 3.86. The van der Waals surface area contributed by atoms with Crippen molar-refractivity contribution < 1.29 is 14.6 Å². The van der Waals surface area contributed by atoms with Crippen LogP contribution in [0.3, 0.4) is 0 Å². The molecule has 1 fully saturated rings. The highest BCUT2D eigenvalue weighted by atomic mass is 16.5. The van der Waals surface area contributed by atoms with Gasteiger partial charge in [0.05, 0.1) is 18.8 Å². The van der Waals surface area contributed by atoms with E-state index in [1.54, 1.807) is 0 Å². The second-order valence-corrected chi connectivity index (χ2v) is 3.60. The Bertz CT molecular complexity index is 121. The van der Waals surface area contributed by atoms with Gasteiger partial charge in [0, 0.05) is 19.6 Å². The number of hydrogen-bond acceptors (Lipinski definition) is 3. The molecule has 1 N–H and O–H groups in total. The molecular weight excluding hydrogens is 168 g/mol. The Morgan fingerprint density at radius 2 is 2.46 bits per heavy atom. The molecule has 0 aromatic carbocycles. The Hall–Kier alpha value is -0.120. The molecule has 0 aromatic rings. The fourth-order valence-electron chi connectivity index (χ4n) is 1.57. The number of rotatable bonds is 6. The smallest absolute Gasteiger partial charge is 0.0798 e. The van der Waals surface area contributed by atoms with Crippen molar-refractivity contribution in [3.8, 4) is 0 Å². The predicted molar refractivity (Wildman–Crippen MR) is 50.7 cm³/mol. The van der Waals surface area contributed by atoms with Gasteiger partial charge >= 0.3 is 0 Å². The molecule has 0 spiro atoms. The van der Waals surface area contributed by atoms with E-state index in [2.05, 4.69) is 6.92 Å². The molecule has 3 nitrogen and oxygen atoms in total. The van der Waals surface area contributed by atoms with Gasteiger partial charge in [-0.25, -0.2) is 0 Å². The normalized spacial score (nSPS) is 24.9. The molecule has 0 amide bonds. The first-order valence-corrected chi connectivity index (χ1v) is 5.20. The van der Waals surface area contributed by atoms with E-state index in [-0.39, 0.29) is 12.2 Å². The first-order valence-electron chi connectivity index (χ1n) is 5.20. The quantitative estimate of drug-likeness (QED) is 0.639. The Kier molecular flexibility index (Phi) is 5.35. The highest BCUT2D eigenvalue weighted by molar-refractivity contribution is 4.69. The number of aliphatic hydroxyl groups is 1. The molecule has 1 heterocycles. The van der Waals surface area contributed by atoms with Crippen molar-refractivity contribution in [3.05, 3.63) is 0 Å². The molecule has 1 aliphatic heterocycles. The van der Waals surface area contributed by atoms with Crippen molar-refractivity contribution in [3.63, 3.8) is 0 Å². The molecule has 1 aliphatic rings. The fraction of sp³-hybridized carbons (Fsp3) is 1.00. The van der Waals surface area contributed by atoms with Crippen LogP contribution < -0.4 is 0 Å². The molecule has 0 aliphatic carbocycles. The third-order valence-corrected chi connectivity index (χ3v) is 2.22. The first kappa shape index (κ1) is 11.0. The molecule has 1 rings (SSSR count). The summed E-state index contributed by atoms with van der Waals surface area (Å²) >= 11 is 0. The molecule has 0 radical (unpaired) electrons. The van der Waals surface area contributed by atoms with Gasteiger partial charge in [-0.05, 0) is 19.3 Å². The minimum Gasteiger partial charge on any atom is -0.391 e. The molecule has 2 unspecified atom stereocenters. The monoisotopic (exact) mass is 188 g/mol.